The van der Waals surface area contributed by atoms with Gasteiger partial charge in [0.2, 0.25) is 5.91 Å². The van der Waals surface area contributed by atoms with Crippen molar-refractivity contribution in [3.63, 3.8) is 0 Å². The maximum absolute atomic E-state index is 10.8. The van der Waals surface area contributed by atoms with E-state index in [1.165, 1.54) is 12.4 Å². The highest BCUT2D eigenvalue weighted by Crippen LogP contribution is 2.08. The Labute approximate surface area is 82.5 Å². The fourth-order valence-corrected chi connectivity index (χ4v) is 0.865. The Morgan fingerprint density at radius 3 is 3.00 bits per heavy atom. The first-order valence-electron chi connectivity index (χ1n) is 3.05. The number of carbonyl (C=O) groups excluding carboxylic acids is 1. The number of nitrogens with zero attached hydrogens (tertiary/aromatic N) is 2. The summed E-state index contributed by atoms with van der Waals surface area (Å²) >= 11 is 8.56. The Morgan fingerprint density at radius 2 is 2.42 bits per heavy atom. The van der Waals surface area contributed by atoms with Crippen molar-refractivity contribution < 1.29 is 4.79 Å². The van der Waals surface area contributed by atoms with Crippen LogP contribution in [0.25, 0.3) is 0 Å². The maximum Gasteiger partial charge on any atom is 0.236 e. The number of anilines is 1. The van der Waals surface area contributed by atoms with Crippen molar-refractivity contribution in [3.8, 4) is 0 Å². The molecule has 0 saturated heterocycles. The van der Waals surface area contributed by atoms with Crippen molar-refractivity contribution in [1.82, 2.24) is 9.97 Å². The average molecular weight is 250 g/mol. The van der Waals surface area contributed by atoms with Gasteiger partial charge < -0.3 is 5.32 Å². The zero-order chi connectivity index (χ0) is 8.97. The van der Waals surface area contributed by atoms with Gasteiger partial charge in [-0.2, -0.15) is 0 Å². The van der Waals surface area contributed by atoms with Gasteiger partial charge in [-0.1, -0.05) is 27.5 Å². The number of alkyl halides is 1. The largest absolute Gasteiger partial charge is 0.310 e. The van der Waals surface area contributed by atoms with Gasteiger partial charge in [0.1, 0.15) is 17.3 Å². The van der Waals surface area contributed by atoms with Gasteiger partial charge in [0.15, 0.2) is 0 Å². The van der Waals surface area contributed by atoms with Crippen LogP contribution in [-0.2, 0) is 4.79 Å². The van der Waals surface area contributed by atoms with Crippen LogP contribution in [0, 0.1) is 0 Å². The number of nitrogens with one attached hydrogen (secondary N) is 1. The molecule has 0 fully saturated rings. The smallest absolute Gasteiger partial charge is 0.236 e. The third kappa shape index (κ3) is 2.75. The molecular formula is C6H5BrClN3O. The van der Waals surface area contributed by atoms with Gasteiger partial charge in [0.05, 0.1) is 5.33 Å². The van der Waals surface area contributed by atoms with Crippen molar-refractivity contribution in [2.24, 2.45) is 0 Å². The standard InChI is InChI=1S/C6H5BrClN3O/c7-2-6(12)11-5-1-4(8)9-3-10-5/h1,3H,2H2,(H,9,10,11,12). The molecule has 1 N–H and O–H groups in total. The van der Waals surface area contributed by atoms with Gasteiger partial charge in [-0.05, 0) is 0 Å². The van der Waals surface area contributed by atoms with Crippen LogP contribution in [0.4, 0.5) is 5.82 Å². The van der Waals surface area contributed by atoms with Crippen molar-refractivity contribution in [2.75, 3.05) is 10.6 Å². The molecule has 4 nitrogen and oxygen atoms in total. The van der Waals surface area contributed by atoms with Crippen LogP contribution in [0.5, 0.6) is 0 Å². The Kier molecular flexibility index (Phi) is 3.43. The average Bonchev–Trinajstić information content (AvgIpc) is 2.04. The Bertz CT molecular complexity index is 294. The highest BCUT2D eigenvalue weighted by Gasteiger charge is 2.00. The van der Waals surface area contributed by atoms with Gasteiger partial charge in [0.25, 0.3) is 0 Å². The number of rotatable bonds is 2. The topological polar surface area (TPSA) is 54.9 Å². The van der Waals surface area contributed by atoms with E-state index >= 15 is 0 Å². The summed E-state index contributed by atoms with van der Waals surface area (Å²) in [6, 6.07) is 1.47. The Hall–Kier alpha value is -0.680. The molecule has 0 radical (unpaired) electrons. The molecule has 12 heavy (non-hydrogen) atoms. The van der Waals surface area contributed by atoms with Crippen molar-refractivity contribution in [3.05, 3.63) is 17.5 Å². The van der Waals surface area contributed by atoms with Crippen molar-refractivity contribution in [2.45, 2.75) is 0 Å². The molecule has 0 bridgehead atoms. The van der Waals surface area contributed by atoms with Crippen LogP contribution in [0.2, 0.25) is 5.15 Å². The second-order valence-corrected chi connectivity index (χ2v) is 2.86. The van der Waals surface area contributed by atoms with E-state index in [0.717, 1.165) is 0 Å². The van der Waals surface area contributed by atoms with E-state index in [2.05, 4.69) is 31.2 Å². The summed E-state index contributed by atoms with van der Waals surface area (Å²) in [6.07, 6.45) is 1.28. The normalized spacial score (nSPS) is 9.50. The van der Waals surface area contributed by atoms with Gasteiger partial charge in [-0.3, -0.25) is 4.79 Å². The minimum Gasteiger partial charge on any atom is -0.310 e. The predicted octanol–water partition coefficient (Wildman–Crippen LogP) is 1.46. The van der Waals surface area contributed by atoms with Gasteiger partial charge in [-0.25, -0.2) is 9.97 Å². The Balaban J connectivity index is 2.69. The third-order valence-electron chi connectivity index (χ3n) is 1.02. The third-order valence-corrected chi connectivity index (χ3v) is 1.74. The van der Waals surface area contributed by atoms with E-state index in [1.54, 1.807) is 0 Å². The van der Waals surface area contributed by atoms with Gasteiger partial charge in [0, 0.05) is 6.07 Å². The van der Waals surface area contributed by atoms with Crippen molar-refractivity contribution >= 4 is 39.3 Å². The van der Waals surface area contributed by atoms with E-state index in [4.69, 9.17) is 11.6 Å². The van der Waals surface area contributed by atoms with Crippen LogP contribution in [-0.4, -0.2) is 21.2 Å². The zero-order valence-electron chi connectivity index (χ0n) is 5.92. The lowest BCUT2D eigenvalue weighted by Crippen LogP contribution is -2.13. The summed E-state index contributed by atoms with van der Waals surface area (Å²) in [6.45, 7) is 0. The van der Waals surface area contributed by atoms with Crippen molar-refractivity contribution in [1.29, 1.82) is 0 Å². The Morgan fingerprint density at radius 1 is 1.67 bits per heavy atom. The molecule has 1 aromatic rings. The highest BCUT2D eigenvalue weighted by atomic mass is 79.9. The number of halogens is 2. The molecule has 0 saturated carbocycles. The first-order valence-corrected chi connectivity index (χ1v) is 4.55. The minimum absolute atomic E-state index is 0.176. The summed E-state index contributed by atoms with van der Waals surface area (Å²) in [7, 11) is 0. The lowest BCUT2D eigenvalue weighted by Gasteiger charge is -2.00. The van der Waals surface area contributed by atoms with E-state index in [-0.39, 0.29) is 11.2 Å². The first-order chi connectivity index (χ1) is 5.72. The van der Waals surface area contributed by atoms with Crippen LogP contribution >= 0.6 is 27.5 Å². The molecule has 1 aromatic heterocycles. The monoisotopic (exact) mass is 249 g/mol. The van der Waals surface area contributed by atoms with E-state index < -0.39 is 0 Å². The lowest BCUT2D eigenvalue weighted by molar-refractivity contribution is -0.113. The summed E-state index contributed by atoms with van der Waals surface area (Å²) in [5.41, 5.74) is 0. The molecule has 6 heteroatoms. The molecule has 1 amide bonds. The molecular weight excluding hydrogens is 245 g/mol. The molecule has 0 aliphatic carbocycles. The number of hydrogen-bond donors (Lipinski definition) is 1. The van der Waals surface area contributed by atoms with Gasteiger partial charge >= 0.3 is 0 Å². The fraction of sp³-hybridized carbons (Fsp3) is 0.167. The van der Waals surface area contributed by atoms with Crippen LogP contribution < -0.4 is 5.32 Å². The number of hydrogen-bond acceptors (Lipinski definition) is 3. The second kappa shape index (κ2) is 4.37. The predicted molar refractivity (Wildman–Crippen MR) is 49.5 cm³/mol. The molecule has 0 aromatic carbocycles. The molecule has 1 heterocycles. The number of amides is 1. The molecule has 0 aliphatic heterocycles. The molecule has 64 valence electrons. The van der Waals surface area contributed by atoms with Crippen LogP contribution in [0.3, 0.4) is 0 Å². The fourth-order valence-electron chi connectivity index (χ4n) is 0.578. The zero-order valence-corrected chi connectivity index (χ0v) is 8.26. The lowest BCUT2D eigenvalue weighted by atomic mass is 10.5. The van der Waals surface area contributed by atoms with Crippen LogP contribution in [0.1, 0.15) is 0 Å². The van der Waals surface area contributed by atoms with E-state index in [0.29, 0.717) is 11.0 Å². The van der Waals surface area contributed by atoms with E-state index in [1.807, 2.05) is 0 Å². The highest BCUT2D eigenvalue weighted by molar-refractivity contribution is 9.09. The molecule has 0 spiro atoms. The number of carbonyl (C=O) groups is 1. The molecule has 1 rings (SSSR count). The summed E-state index contributed by atoms with van der Waals surface area (Å²) in [5, 5.41) is 3.04. The summed E-state index contributed by atoms with van der Waals surface area (Å²) in [5.74, 6) is 0.226. The SMILES string of the molecule is O=C(CBr)Nc1cc(Cl)ncn1. The number of aromatic nitrogens is 2. The van der Waals surface area contributed by atoms with E-state index in [9.17, 15) is 4.79 Å². The molecule has 0 atom stereocenters. The summed E-state index contributed by atoms with van der Waals surface area (Å²) < 4.78 is 0. The molecule has 0 unspecified atom stereocenters. The summed E-state index contributed by atoms with van der Waals surface area (Å²) in [4.78, 5) is 18.3. The quantitative estimate of drug-likeness (QED) is 0.639. The van der Waals surface area contributed by atoms with Crippen LogP contribution in [0.15, 0.2) is 12.4 Å². The molecule has 0 aliphatic rings. The minimum atomic E-state index is -0.176. The second-order valence-electron chi connectivity index (χ2n) is 1.91. The van der Waals surface area contributed by atoms with Gasteiger partial charge in [-0.15, -0.1) is 0 Å². The maximum atomic E-state index is 10.8. The first kappa shape index (κ1) is 9.41.